The van der Waals surface area contributed by atoms with Gasteiger partial charge in [-0.3, -0.25) is 4.79 Å². The van der Waals surface area contributed by atoms with Crippen molar-refractivity contribution in [3.05, 3.63) is 53.6 Å². The first-order chi connectivity index (χ1) is 12.9. The molecule has 1 unspecified atom stereocenters. The van der Waals surface area contributed by atoms with Crippen molar-refractivity contribution in [3.63, 3.8) is 0 Å². The average molecular weight is 371 g/mol. The van der Waals surface area contributed by atoms with Crippen LogP contribution in [0.3, 0.4) is 0 Å². The number of aryl methyl sites for hydroxylation is 1. The average Bonchev–Trinajstić information content (AvgIpc) is 2.65. The van der Waals surface area contributed by atoms with Gasteiger partial charge in [-0.1, -0.05) is 32.0 Å². The number of hydrogen-bond acceptors (Lipinski definition) is 4. The van der Waals surface area contributed by atoms with Gasteiger partial charge in [-0.05, 0) is 55.2 Å². The fourth-order valence-corrected chi connectivity index (χ4v) is 2.84. The minimum absolute atomic E-state index is 0.177. The van der Waals surface area contributed by atoms with Crippen LogP contribution < -0.4 is 19.5 Å². The fraction of sp³-hybridized carbons (Fsp3) is 0.409. The smallest absolute Gasteiger partial charge is 0.260 e. The molecule has 5 heteroatoms. The molecule has 0 aliphatic rings. The van der Waals surface area contributed by atoms with Crippen molar-refractivity contribution in [2.24, 2.45) is 0 Å². The molecule has 2 aromatic carbocycles. The van der Waals surface area contributed by atoms with E-state index in [2.05, 4.69) is 32.2 Å². The minimum Gasteiger partial charge on any atom is -0.493 e. The lowest BCUT2D eigenvalue weighted by molar-refractivity contribution is -0.127. The van der Waals surface area contributed by atoms with Gasteiger partial charge < -0.3 is 19.5 Å². The molecule has 1 atom stereocenters. The summed E-state index contributed by atoms with van der Waals surface area (Å²) in [5, 5.41) is 2.82. The number of methoxy groups -OCH3 is 1. The predicted octanol–water partition coefficient (Wildman–Crippen LogP) is 4.09. The Labute approximate surface area is 161 Å². The molecule has 5 nitrogen and oxygen atoms in total. The number of rotatable bonds is 9. The van der Waals surface area contributed by atoms with Gasteiger partial charge in [0.05, 0.1) is 13.7 Å². The maximum Gasteiger partial charge on any atom is 0.260 e. The van der Waals surface area contributed by atoms with Crippen LogP contribution in [-0.2, 0) is 4.79 Å². The molecule has 0 bridgehead atoms. The summed E-state index contributed by atoms with van der Waals surface area (Å²) in [4.78, 5) is 12.2. The van der Waals surface area contributed by atoms with Gasteiger partial charge in [-0.2, -0.15) is 0 Å². The molecule has 1 N–H and O–H groups in total. The third-order valence-electron chi connectivity index (χ3n) is 4.27. The van der Waals surface area contributed by atoms with E-state index in [0.29, 0.717) is 36.3 Å². The molecule has 146 valence electrons. The Balaban J connectivity index is 1.79. The maximum absolute atomic E-state index is 12.2. The molecular weight excluding hydrogens is 342 g/mol. The summed E-state index contributed by atoms with van der Waals surface area (Å²) in [5.74, 6) is 2.30. The summed E-state index contributed by atoms with van der Waals surface area (Å²) >= 11 is 0. The second kappa shape index (κ2) is 9.86. The molecule has 2 aromatic rings. The van der Waals surface area contributed by atoms with Crippen LogP contribution in [0.5, 0.6) is 17.2 Å². The fourth-order valence-electron chi connectivity index (χ4n) is 2.84. The summed E-state index contributed by atoms with van der Waals surface area (Å²) < 4.78 is 16.6. The minimum atomic E-state index is -0.583. The molecule has 0 spiro atoms. The molecule has 2 rings (SSSR count). The van der Waals surface area contributed by atoms with Gasteiger partial charge in [0.15, 0.2) is 17.6 Å². The third kappa shape index (κ3) is 5.91. The van der Waals surface area contributed by atoms with E-state index >= 15 is 0 Å². The molecule has 0 saturated carbocycles. The second-order valence-electron chi connectivity index (χ2n) is 6.72. The third-order valence-corrected chi connectivity index (χ3v) is 4.27. The number of ether oxygens (including phenoxy) is 3. The van der Waals surface area contributed by atoms with E-state index in [0.717, 1.165) is 0 Å². The number of nitrogens with one attached hydrogen (secondary N) is 1. The summed E-state index contributed by atoms with van der Waals surface area (Å²) in [7, 11) is 1.60. The molecule has 0 heterocycles. The highest BCUT2D eigenvalue weighted by Gasteiger charge is 2.15. The number of carbonyl (C=O) groups is 1. The lowest BCUT2D eigenvalue weighted by atomic mass is 9.98. The van der Waals surface area contributed by atoms with Crippen LogP contribution in [0, 0.1) is 6.92 Å². The first kappa shape index (κ1) is 20.6. The maximum atomic E-state index is 12.2. The quantitative estimate of drug-likeness (QED) is 0.675. The van der Waals surface area contributed by atoms with Crippen LogP contribution in [0.25, 0.3) is 0 Å². The zero-order valence-electron chi connectivity index (χ0n) is 16.7. The topological polar surface area (TPSA) is 56.8 Å². The summed E-state index contributed by atoms with van der Waals surface area (Å²) in [5.41, 5.74) is 2.45. The number of hydrogen-bond donors (Lipinski definition) is 1. The first-order valence-electron chi connectivity index (χ1n) is 9.23. The number of amides is 1. The highest BCUT2D eigenvalue weighted by Crippen LogP contribution is 2.25. The Hall–Kier alpha value is -2.69. The Bertz CT molecular complexity index is 758. The predicted molar refractivity (Wildman–Crippen MR) is 107 cm³/mol. The van der Waals surface area contributed by atoms with Crippen LogP contribution in [0.1, 0.15) is 37.8 Å². The zero-order valence-corrected chi connectivity index (χ0v) is 16.7. The van der Waals surface area contributed by atoms with Crippen LogP contribution in [0.4, 0.5) is 0 Å². The van der Waals surface area contributed by atoms with Gasteiger partial charge in [0.25, 0.3) is 5.91 Å². The van der Waals surface area contributed by atoms with Gasteiger partial charge in [-0.15, -0.1) is 0 Å². The van der Waals surface area contributed by atoms with E-state index in [9.17, 15) is 4.79 Å². The summed E-state index contributed by atoms with van der Waals surface area (Å²) in [6.07, 6.45) is -0.583. The SMILES string of the molecule is COc1ccccc1OCCNC(=O)C(C)Oc1ccc(C(C)C)c(C)c1. The standard InChI is InChI=1S/C22H29NO4/c1-15(2)19-11-10-18(14-16(19)3)27-17(4)22(24)23-12-13-26-21-9-7-6-8-20(21)25-5/h6-11,14-15,17H,12-13H2,1-5H3,(H,23,24). The van der Waals surface area contributed by atoms with Gasteiger partial charge >= 0.3 is 0 Å². The monoisotopic (exact) mass is 371 g/mol. The first-order valence-corrected chi connectivity index (χ1v) is 9.23. The number of para-hydroxylation sites is 2. The molecule has 27 heavy (non-hydrogen) atoms. The van der Waals surface area contributed by atoms with Crippen molar-refractivity contribution < 1.29 is 19.0 Å². The zero-order chi connectivity index (χ0) is 19.8. The van der Waals surface area contributed by atoms with E-state index in [1.54, 1.807) is 14.0 Å². The van der Waals surface area contributed by atoms with E-state index in [-0.39, 0.29) is 5.91 Å². The Morgan fingerprint density at radius 1 is 1.07 bits per heavy atom. The Kier molecular flexibility index (Phi) is 7.53. The Morgan fingerprint density at radius 3 is 2.41 bits per heavy atom. The lowest BCUT2D eigenvalue weighted by Crippen LogP contribution is -2.38. The molecule has 0 fully saturated rings. The van der Waals surface area contributed by atoms with Gasteiger partial charge in [0.2, 0.25) is 0 Å². The summed E-state index contributed by atoms with van der Waals surface area (Å²) in [6.45, 7) is 8.85. The molecule has 0 aromatic heterocycles. The largest absolute Gasteiger partial charge is 0.493 e. The number of carbonyl (C=O) groups excluding carboxylic acids is 1. The van der Waals surface area contributed by atoms with Crippen molar-refractivity contribution >= 4 is 5.91 Å². The van der Waals surface area contributed by atoms with Crippen molar-refractivity contribution in [2.45, 2.75) is 39.7 Å². The Morgan fingerprint density at radius 2 is 1.78 bits per heavy atom. The molecule has 0 aliphatic heterocycles. The van der Waals surface area contributed by atoms with E-state index < -0.39 is 6.10 Å². The summed E-state index contributed by atoms with van der Waals surface area (Å²) in [6, 6.07) is 13.4. The molecular formula is C22H29NO4. The van der Waals surface area contributed by atoms with E-state index in [1.165, 1.54) is 11.1 Å². The van der Waals surface area contributed by atoms with Gasteiger partial charge in [0.1, 0.15) is 12.4 Å². The molecule has 0 radical (unpaired) electrons. The van der Waals surface area contributed by atoms with Gasteiger partial charge in [0, 0.05) is 0 Å². The van der Waals surface area contributed by atoms with Crippen LogP contribution in [-0.4, -0.2) is 32.3 Å². The van der Waals surface area contributed by atoms with Crippen molar-refractivity contribution in [2.75, 3.05) is 20.3 Å². The molecule has 0 aliphatic carbocycles. The van der Waals surface area contributed by atoms with Crippen LogP contribution in [0.15, 0.2) is 42.5 Å². The van der Waals surface area contributed by atoms with Crippen molar-refractivity contribution in [1.29, 1.82) is 0 Å². The van der Waals surface area contributed by atoms with Gasteiger partial charge in [-0.25, -0.2) is 0 Å². The van der Waals surface area contributed by atoms with E-state index in [1.807, 2.05) is 36.4 Å². The van der Waals surface area contributed by atoms with Crippen LogP contribution in [0.2, 0.25) is 0 Å². The van der Waals surface area contributed by atoms with Crippen molar-refractivity contribution in [3.8, 4) is 17.2 Å². The van der Waals surface area contributed by atoms with E-state index in [4.69, 9.17) is 14.2 Å². The number of benzene rings is 2. The molecule has 1 amide bonds. The van der Waals surface area contributed by atoms with Crippen molar-refractivity contribution in [1.82, 2.24) is 5.32 Å². The van der Waals surface area contributed by atoms with Crippen LogP contribution >= 0.6 is 0 Å². The normalized spacial score (nSPS) is 11.8. The highest BCUT2D eigenvalue weighted by atomic mass is 16.5. The lowest BCUT2D eigenvalue weighted by Gasteiger charge is -2.17. The highest BCUT2D eigenvalue weighted by molar-refractivity contribution is 5.80. The molecule has 0 saturated heterocycles. The second-order valence-corrected chi connectivity index (χ2v) is 6.72.